The van der Waals surface area contributed by atoms with Crippen LogP contribution in [0.25, 0.3) is 28.1 Å². The van der Waals surface area contributed by atoms with Gasteiger partial charge in [-0.25, -0.2) is 19.6 Å². The summed E-state index contributed by atoms with van der Waals surface area (Å²) < 4.78 is 8.19. The third kappa shape index (κ3) is 5.38. The topological polar surface area (TPSA) is 82.8 Å². The first-order valence-corrected chi connectivity index (χ1v) is 14.9. The highest BCUT2D eigenvalue weighted by atomic mass is 28.4. The van der Waals surface area contributed by atoms with E-state index < -0.39 is 8.32 Å². The van der Waals surface area contributed by atoms with E-state index in [2.05, 4.69) is 48.9 Å². The van der Waals surface area contributed by atoms with Crippen LogP contribution in [0.15, 0.2) is 54.9 Å². The van der Waals surface area contributed by atoms with E-state index in [4.69, 9.17) is 9.41 Å². The van der Waals surface area contributed by atoms with E-state index in [1.54, 1.807) is 12.3 Å². The molecule has 0 bridgehead atoms. The van der Waals surface area contributed by atoms with Gasteiger partial charge in [-0.3, -0.25) is 4.79 Å². The third-order valence-electron chi connectivity index (χ3n) is 6.64. The van der Waals surface area contributed by atoms with Crippen LogP contribution in [0.3, 0.4) is 0 Å². The lowest BCUT2D eigenvalue weighted by Crippen LogP contribution is -2.40. The first kappa shape index (κ1) is 24.9. The van der Waals surface area contributed by atoms with Gasteiger partial charge in [0, 0.05) is 23.6 Å². The summed E-state index contributed by atoms with van der Waals surface area (Å²) in [6.45, 7) is 13.6. The van der Waals surface area contributed by atoms with Crippen LogP contribution in [0.1, 0.15) is 56.7 Å². The van der Waals surface area contributed by atoms with Crippen molar-refractivity contribution in [3.63, 3.8) is 0 Å². The SMILES string of the molecule is CCCC(=O)c1ccnc(-c2ccc3cnn(-c4cccc(CO[Si](C)(C)C(C)(C)C)n4)c3c2)n1. The molecule has 35 heavy (non-hydrogen) atoms. The van der Waals surface area contributed by atoms with Crippen molar-refractivity contribution >= 4 is 25.0 Å². The maximum absolute atomic E-state index is 12.3. The van der Waals surface area contributed by atoms with Crippen LogP contribution < -0.4 is 0 Å². The van der Waals surface area contributed by atoms with Crippen LogP contribution in [-0.4, -0.2) is 38.8 Å². The fourth-order valence-electron chi connectivity index (χ4n) is 3.48. The number of aromatic nitrogens is 5. The Morgan fingerprint density at radius 2 is 1.89 bits per heavy atom. The number of pyridine rings is 1. The molecule has 8 heteroatoms. The normalized spacial score (nSPS) is 12.3. The number of fused-ring (bicyclic) bond motifs is 1. The van der Waals surface area contributed by atoms with Gasteiger partial charge in [0.25, 0.3) is 0 Å². The summed E-state index contributed by atoms with van der Waals surface area (Å²) in [6.07, 6.45) is 4.72. The van der Waals surface area contributed by atoms with Gasteiger partial charge in [0.05, 0.1) is 24.0 Å². The van der Waals surface area contributed by atoms with Crippen LogP contribution in [0.5, 0.6) is 0 Å². The molecule has 0 unspecified atom stereocenters. The van der Waals surface area contributed by atoms with Gasteiger partial charge in [-0.2, -0.15) is 5.10 Å². The number of benzene rings is 1. The molecule has 7 nitrogen and oxygen atoms in total. The number of Topliss-reactive ketones (excluding diaryl/α,β-unsaturated/α-hetero) is 1. The van der Waals surface area contributed by atoms with Crippen molar-refractivity contribution in [3.05, 3.63) is 66.2 Å². The minimum absolute atomic E-state index is 0.0307. The van der Waals surface area contributed by atoms with Crippen molar-refractivity contribution in [1.29, 1.82) is 0 Å². The molecule has 0 saturated carbocycles. The monoisotopic (exact) mass is 487 g/mol. The Balaban J connectivity index is 1.65. The maximum Gasteiger partial charge on any atom is 0.192 e. The van der Waals surface area contributed by atoms with Gasteiger partial charge < -0.3 is 4.43 Å². The molecule has 0 atom stereocenters. The molecule has 0 saturated heterocycles. The molecular weight excluding hydrogens is 454 g/mol. The van der Waals surface area contributed by atoms with Crippen LogP contribution in [0.4, 0.5) is 0 Å². The standard InChI is InChI=1S/C27H33N5O2Si/c1-7-9-24(33)22-14-15-28-26(31-22)19-12-13-20-17-29-32(23(20)16-19)25-11-8-10-21(30-25)18-34-35(5,6)27(2,3)4/h8,10-17H,7,9,18H2,1-6H3. The lowest BCUT2D eigenvalue weighted by atomic mass is 10.1. The lowest BCUT2D eigenvalue weighted by molar-refractivity contribution is 0.0977. The zero-order chi connectivity index (χ0) is 25.2. The molecule has 0 aliphatic carbocycles. The Kier molecular flexibility index (Phi) is 6.96. The highest BCUT2D eigenvalue weighted by Crippen LogP contribution is 2.37. The summed E-state index contributed by atoms with van der Waals surface area (Å²) in [5.41, 5.74) is 3.04. The average Bonchev–Trinajstić information content (AvgIpc) is 3.26. The molecule has 0 radical (unpaired) electrons. The van der Waals surface area contributed by atoms with Crippen LogP contribution >= 0.6 is 0 Å². The summed E-state index contributed by atoms with van der Waals surface area (Å²) in [7, 11) is -1.88. The smallest absolute Gasteiger partial charge is 0.192 e. The third-order valence-corrected chi connectivity index (χ3v) is 11.1. The fraction of sp³-hybridized carbons (Fsp3) is 0.370. The molecule has 1 aromatic carbocycles. The van der Waals surface area contributed by atoms with E-state index in [9.17, 15) is 4.79 Å². The molecule has 0 spiro atoms. The predicted octanol–water partition coefficient (Wildman–Crippen LogP) is 6.38. The molecular formula is C27H33N5O2Si. The molecule has 4 aromatic rings. The second kappa shape index (κ2) is 9.79. The van der Waals surface area contributed by atoms with Crippen molar-refractivity contribution in [2.75, 3.05) is 0 Å². The van der Waals surface area contributed by atoms with Crippen molar-refractivity contribution in [3.8, 4) is 17.2 Å². The number of hydrogen-bond donors (Lipinski definition) is 0. The molecule has 0 aliphatic heterocycles. The lowest BCUT2D eigenvalue weighted by Gasteiger charge is -2.36. The molecule has 0 amide bonds. The summed E-state index contributed by atoms with van der Waals surface area (Å²) >= 11 is 0. The van der Waals surface area contributed by atoms with Gasteiger partial charge in [-0.05, 0) is 48.8 Å². The van der Waals surface area contributed by atoms with E-state index in [1.807, 2.05) is 54.2 Å². The second-order valence-corrected chi connectivity index (χ2v) is 15.1. The van der Waals surface area contributed by atoms with Gasteiger partial charge in [0.1, 0.15) is 5.69 Å². The average molecular weight is 488 g/mol. The van der Waals surface area contributed by atoms with E-state index >= 15 is 0 Å². The number of hydrogen-bond acceptors (Lipinski definition) is 6. The Bertz CT molecular complexity index is 1360. The number of ketones is 1. The Labute approximate surface area is 207 Å². The first-order valence-electron chi connectivity index (χ1n) is 12.0. The van der Waals surface area contributed by atoms with E-state index in [0.29, 0.717) is 24.5 Å². The minimum Gasteiger partial charge on any atom is -0.411 e. The van der Waals surface area contributed by atoms with Gasteiger partial charge in [-0.1, -0.05) is 45.9 Å². The van der Waals surface area contributed by atoms with Gasteiger partial charge in [-0.15, -0.1) is 0 Å². The van der Waals surface area contributed by atoms with Gasteiger partial charge in [0.2, 0.25) is 0 Å². The summed E-state index contributed by atoms with van der Waals surface area (Å²) in [5, 5.41) is 5.71. The Morgan fingerprint density at radius 3 is 2.63 bits per heavy atom. The Hall–Kier alpha value is -3.23. The molecule has 4 rings (SSSR count). The van der Waals surface area contributed by atoms with Crippen molar-refractivity contribution in [1.82, 2.24) is 24.7 Å². The van der Waals surface area contributed by atoms with Crippen molar-refractivity contribution in [2.45, 2.75) is 65.3 Å². The quantitative estimate of drug-likeness (QED) is 0.212. The number of carbonyl (C=O) groups is 1. The minimum atomic E-state index is -1.88. The van der Waals surface area contributed by atoms with Crippen molar-refractivity contribution < 1.29 is 9.22 Å². The molecule has 0 fully saturated rings. The van der Waals surface area contributed by atoms with E-state index in [-0.39, 0.29) is 10.8 Å². The Morgan fingerprint density at radius 1 is 1.09 bits per heavy atom. The summed E-state index contributed by atoms with van der Waals surface area (Å²) in [4.78, 5) is 26.1. The van der Waals surface area contributed by atoms with Crippen LogP contribution in [-0.2, 0) is 11.0 Å². The number of nitrogens with zero attached hydrogens (tertiary/aromatic N) is 5. The van der Waals surface area contributed by atoms with E-state index in [1.165, 1.54) is 0 Å². The zero-order valence-electron chi connectivity index (χ0n) is 21.4. The number of carbonyl (C=O) groups excluding carboxylic acids is 1. The van der Waals surface area contributed by atoms with Gasteiger partial charge >= 0.3 is 0 Å². The summed E-state index contributed by atoms with van der Waals surface area (Å²) in [6, 6.07) is 13.5. The van der Waals surface area contributed by atoms with E-state index in [0.717, 1.165) is 34.4 Å². The molecule has 0 N–H and O–H groups in total. The molecule has 3 aromatic heterocycles. The molecule has 182 valence electrons. The second-order valence-electron chi connectivity index (χ2n) is 10.3. The zero-order valence-corrected chi connectivity index (χ0v) is 22.4. The molecule has 3 heterocycles. The number of rotatable bonds is 8. The first-order chi connectivity index (χ1) is 16.6. The summed E-state index contributed by atoms with van der Waals surface area (Å²) in [5.74, 6) is 1.27. The van der Waals surface area contributed by atoms with Crippen LogP contribution in [0.2, 0.25) is 18.1 Å². The highest BCUT2D eigenvalue weighted by Gasteiger charge is 2.37. The predicted molar refractivity (Wildman–Crippen MR) is 141 cm³/mol. The van der Waals surface area contributed by atoms with Crippen molar-refractivity contribution in [2.24, 2.45) is 0 Å². The fourth-order valence-corrected chi connectivity index (χ4v) is 4.43. The van der Waals surface area contributed by atoms with Gasteiger partial charge in [0.15, 0.2) is 25.7 Å². The highest BCUT2D eigenvalue weighted by molar-refractivity contribution is 6.74. The molecule has 0 aliphatic rings. The largest absolute Gasteiger partial charge is 0.411 e. The van der Waals surface area contributed by atoms with Crippen LogP contribution in [0, 0.1) is 0 Å². The maximum atomic E-state index is 12.3.